The average Bonchev–Trinajstić information content (AvgIpc) is 2.76. The van der Waals surface area contributed by atoms with Crippen LogP contribution in [0.15, 0.2) is 12.2 Å². The zero-order valence-corrected chi connectivity index (χ0v) is 21.3. The van der Waals surface area contributed by atoms with Crippen LogP contribution in [0.4, 0.5) is 0 Å². The second-order valence-corrected chi connectivity index (χ2v) is 11.7. The summed E-state index contributed by atoms with van der Waals surface area (Å²) in [5, 5.41) is 9.44. The third-order valence-electron chi connectivity index (χ3n) is 7.96. The molecule has 1 N–H and O–H groups in total. The summed E-state index contributed by atoms with van der Waals surface area (Å²) in [5.74, 6) is 1.03. The summed E-state index contributed by atoms with van der Waals surface area (Å²) in [4.78, 5) is 26.1. The van der Waals surface area contributed by atoms with Crippen molar-refractivity contribution in [2.75, 3.05) is 13.7 Å². The second kappa shape index (κ2) is 12.5. The molecule has 0 bridgehead atoms. The van der Waals surface area contributed by atoms with E-state index in [2.05, 4.69) is 39.8 Å². The summed E-state index contributed by atoms with van der Waals surface area (Å²) in [6.45, 7) is 8.55. The molecule has 0 radical (unpaired) electrons. The molecule has 2 aliphatic rings. The van der Waals surface area contributed by atoms with E-state index in [1.807, 2.05) is 0 Å². The highest BCUT2D eigenvalue weighted by Gasteiger charge is 2.32. The number of hydrogen-bond acceptors (Lipinski definition) is 4. The van der Waals surface area contributed by atoms with Crippen LogP contribution < -0.4 is 0 Å². The molecule has 0 amide bonds. The Hall–Kier alpha value is -1.00. The SMILES string of the molecule is COC(C)(C)CCCC1CCCC(/C=C\C2CCCC(CCCC(C)(C)CO)C2=O)C1=O. The van der Waals surface area contributed by atoms with Crippen molar-refractivity contribution in [2.24, 2.45) is 29.1 Å². The van der Waals surface area contributed by atoms with Gasteiger partial charge >= 0.3 is 0 Å². The first kappa shape index (κ1) is 27.2. The lowest BCUT2D eigenvalue weighted by Crippen LogP contribution is -2.30. The Morgan fingerprint density at radius 2 is 1.31 bits per heavy atom. The van der Waals surface area contributed by atoms with Crippen molar-refractivity contribution in [1.29, 1.82) is 0 Å². The fourth-order valence-electron chi connectivity index (χ4n) is 5.35. The largest absolute Gasteiger partial charge is 0.396 e. The van der Waals surface area contributed by atoms with Crippen molar-refractivity contribution in [2.45, 2.75) is 110 Å². The monoisotopic (exact) mass is 448 g/mol. The number of hydrogen-bond donors (Lipinski definition) is 1. The molecule has 0 aromatic rings. The number of carbonyl (C=O) groups excluding carboxylic acids is 2. The van der Waals surface area contributed by atoms with Gasteiger partial charge in [-0.25, -0.2) is 0 Å². The van der Waals surface area contributed by atoms with Crippen LogP contribution in [-0.2, 0) is 14.3 Å². The van der Waals surface area contributed by atoms with Crippen molar-refractivity contribution in [1.82, 2.24) is 0 Å². The molecule has 32 heavy (non-hydrogen) atoms. The first-order valence-corrected chi connectivity index (χ1v) is 13.0. The molecule has 4 nitrogen and oxygen atoms in total. The Bertz CT molecular complexity index is 579. The van der Waals surface area contributed by atoms with E-state index >= 15 is 0 Å². The van der Waals surface area contributed by atoms with E-state index in [1.54, 1.807) is 7.11 Å². The zero-order valence-electron chi connectivity index (χ0n) is 21.3. The van der Waals surface area contributed by atoms with Crippen LogP contribution in [-0.4, -0.2) is 36.0 Å². The molecule has 0 aromatic heterocycles. The summed E-state index contributed by atoms with van der Waals surface area (Å²) in [5.41, 5.74) is -0.184. The molecule has 2 aliphatic carbocycles. The van der Waals surface area contributed by atoms with E-state index in [0.29, 0.717) is 11.6 Å². The standard InChI is InChI=1S/C28H48O4/c1-27(2,20-29)18-8-14-21-10-6-12-23(25(21)30)16-17-24-13-7-11-22(26(24)31)15-9-19-28(3,4)32-5/h16-17,21-24,29H,6-15,18-20H2,1-5H3/b17-16-. The first-order chi connectivity index (χ1) is 15.1. The molecule has 0 aliphatic heterocycles. The summed E-state index contributed by atoms with van der Waals surface area (Å²) in [6.07, 6.45) is 16.0. The smallest absolute Gasteiger partial charge is 0.142 e. The Morgan fingerprint density at radius 3 is 1.75 bits per heavy atom. The molecule has 0 saturated heterocycles. The number of rotatable bonds is 12. The van der Waals surface area contributed by atoms with Crippen LogP contribution in [0.2, 0.25) is 0 Å². The molecule has 4 atom stereocenters. The normalized spacial score (nSPS) is 27.9. The molecule has 4 heteroatoms. The highest BCUT2D eigenvalue weighted by Crippen LogP contribution is 2.34. The molecular weight excluding hydrogens is 400 g/mol. The highest BCUT2D eigenvalue weighted by atomic mass is 16.5. The number of aliphatic hydroxyl groups excluding tert-OH is 1. The van der Waals surface area contributed by atoms with Gasteiger partial charge in [0.1, 0.15) is 11.6 Å². The average molecular weight is 449 g/mol. The van der Waals surface area contributed by atoms with Crippen LogP contribution in [0, 0.1) is 29.1 Å². The molecule has 2 fully saturated rings. The molecule has 4 unspecified atom stereocenters. The Kier molecular flexibility index (Phi) is 10.6. The third kappa shape index (κ3) is 8.41. The van der Waals surface area contributed by atoms with E-state index in [4.69, 9.17) is 4.74 Å². The molecule has 184 valence electrons. The van der Waals surface area contributed by atoms with Gasteiger partial charge in [-0.3, -0.25) is 9.59 Å². The lowest BCUT2D eigenvalue weighted by molar-refractivity contribution is -0.129. The number of methoxy groups -OCH3 is 1. The van der Waals surface area contributed by atoms with E-state index in [1.165, 1.54) is 0 Å². The fraction of sp³-hybridized carbons (Fsp3) is 0.857. The van der Waals surface area contributed by atoms with Crippen molar-refractivity contribution in [3.63, 3.8) is 0 Å². The quantitative estimate of drug-likeness (QED) is 0.356. The molecule has 2 saturated carbocycles. The number of ether oxygens (including phenoxy) is 1. The maximum Gasteiger partial charge on any atom is 0.142 e. The number of carbonyl (C=O) groups is 2. The van der Waals surface area contributed by atoms with E-state index < -0.39 is 0 Å². The Balaban J connectivity index is 1.85. The van der Waals surface area contributed by atoms with Crippen molar-refractivity contribution >= 4 is 11.6 Å². The predicted molar refractivity (Wildman–Crippen MR) is 130 cm³/mol. The second-order valence-electron chi connectivity index (χ2n) is 11.7. The van der Waals surface area contributed by atoms with Gasteiger partial charge < -0.3 is 9.84 Å². The number of Topliss-reactive ketones (excluding diaryl/α,β-unsaturated/α-hetero) is 2. The van der Waals surface area contributed by atoms with Gasteiger partial charge in [-0.1, -0.05) is 45.3 Å². The molecule has 0 heterocycles. The Labute approximate surface area is 196 Å². The zero-order chi connectivity index (χ0) is 23.8. The molecular formula is C28H48O4. The first-order valence-electron chi connectivity index (χ1n) is 13.0. The topological polar surface area (TPSA) is 63.6 Å². The van der Waals surface area contributed by atoms with Crippen LogP contribution in [0.5, 0.6) is 0 Å². The van der Waals surface area contributed by atoms with E-state index in [9.17, 15) is 14.7 Å². The van der Waals surface area contributed by atoms with Crippen molar-refractivity contribution in [3.8, 4) is 0 Å². The van der Waals surface area contributed by atoms with E-state index in [-0.39, 0.29) is 41.3 Å². The van der Waals surface area contributed by atoms with Gasteiger partial charge in [-0.15, -0.1) is 0 Å². The van der Waals surface area contributed by atoms with Gasteiger partial charge in [-0.2, -0.15) is 0 Å². The number of aliphatic hydroxyl groups is 1. The van der Waals surface area contributed by atoms with E-state index in [0.717, 1.165) is 77.0 Å². The maximum atomic E-state index is 13.0. The van der Waals surface area contributed by atoms with Gasteiger partial charge in [0.15, 0.2) is 0 Å². The van der Waals surface area contributed by atoms with Gasteiger partial charge in [0.25, 0.3) is 0 Å². The van der Waals surface area contributed by atoms with Gasteiger partial charge in [0, 0.05) is 37.4 Å². The van der Waals surface area contributed by atoms with Gasteiger partial charge in [0.05, 0.1) is 5.60 Å². The summed E-state index contributed by atoms with van der Waals surface area (Å²) >= 11 is 0. The minimum Gasteiger partial charge on any atom is -0.396 e. The molecule has 2 rings (SSSR count). The van der Waals surface area contributed by atoms with Crippen LogP contribution in [0.1, 0.15) is 105 Å². The minimum absolute atomic E-state index is 0.0114. The van der Waals surface area contributed by atoms with Crippen LogP contribution >= 0.6 is 0 Å². The van der Waals surface area contributed by atoms with Gasteiger partial charge in [-0.05, 0) is 77.0 Å². The van der Waals surface area contributed by atoms with Crippen molar-refractivity contribution in [3.05, 3.63) is 12.2 Å². The third-order valence-corrected chi connectivity index (χ3v) is 7.96. The van der Waals surface area contributed by atoms with Crippen molar-refractivity contribution < 1.29 is 19.4 Å². The molecule has 0 aromatic carbocycles. The summed E-state index contributed by atoms with van der Waals surface area (Å²) in [6, 6.07) is 0. The Morgan fingerprint density at radius 1 is 0.844 bits per heavy atom. The number of ketones is 2. The van der Waals surface area contributed by atoms with Gasteiger partial charge in [0.2, 0.25) is 0 Å². The predicted octanol–water partition coefficient (Wildman–Crippen LogP) is 6.30. The van der Waals surface area contributed by atoms with Crippen LogP contribution in [0.3, 0.4) is 0 Å². The minimum atomic E-state index is -0.122. The lowest BCUT2D eigenvalue weighted by Gasteiger charge is -2.29. The fourth-order valence-corrected chi connectivity index (χ4v) is 5.35. The molecule has 0 spiro atoms. The number of allylic oxidation sites excluding steroid dienone is 2. The lowest BCUT2D eigenvalue weighted by atomic mass is 9.74. The van der Waals surface area contributed by atoms with Crippen LogP contribution in [0.25, 0.3) is 0 Å². The summed E-state index contributed by atoms with van der Waals surface area (Å²) < 4.78 is 5.51. The highest BCUT2D eigenvalue weighted by molar-refractivity contribution is 5.87. The summed E-state index contributed by atoms with van der Waals surface area (Å²) in [7, 11) is 1.75. The maximum absolute atomic E-state index is 13.0.